The van der Waals surface area contributed by atoms with Crippen LogP contribution in [0.25, 0.3) is 11.6 Å². The number of carbonyl (C=O) groups excluding carboxylic acids is 1. The van der Waals surface area contributed by atoms with E-state index < -0.39 is 0 Å². The molecule has 0 saturated carbocycles. The zero-order valence-corrected chi connectivity index (χ0v) is 10.3. The van der Waals surface area contributed by atoms with Crippen LogP contribution < -0.4 is 5.32 Å². The Morgan fingerprint density at radius 2 is 2.17 bits per heavy atom. The second-order valence-electron chi connectivity index (χ2n) is 4.40. The molecule has 18 heavy (non-hydrogen) atoms. The fourth-order valence-electron chi connectivity index (χ4n) is 2.07. The van der Waals surface area contributed by atoms with Gasteiger partial charge in [0, 0.05) is 24.6 Å². The standard InChI is InChI=1S/C14H13N3O/c1-9-5-6-12-13(15-9)11(14(18)16-12)8-10-4-3-7-17(10)2/h3-8H,1-2H3,(H,16,18). The van der Waals surface area contributed by atoms with Crippen molar-refractivity contribution >= 4 is 23.2 Å². The molecule has 0 aromatic carbocycles. The van der Waals surface area contributed by atoms with E-state index in [2.05, 4.69) is 10.3 Å². The first-order chi connectivity index (χ1) is 8.65. The molecule has 2 aromatic heterocycles. The van der Waals surface area contributed by atoms with Crippen molar-refractivity contribution in [2.24, 2.45) is 7.05 Å². The smallest absolute Gasteiger partial charge is 0.258 e. The molecule has 0 spiro atoms. The Balaban J connectivity index is 2.14. The number of rotatable bonds is 1. The Bertz CT molecular complexity index is 667. The number of aryl methyl sites for hydroxylation is 2. The molecule has 4 heteroatoms. The lowest BCUT2D eigenvalue weighted by Crippen LogP contribution is -2.04. The average molecular weight is 239 g/mol. The second kappa shape index (κ2) is 3.84. The highest BCUT2D eigenvalue weighted by atomic mass is 16.2. The second-order valence-corrected chi connectivity index (χ2v) is 4.40. The van der Waals surface area contributed by atoms with Gasteiger partial charge in [0.1, 0.15) is 0 Å². The summed E-state index contributed by atoms with van der Waals surface area (Å²) in [4.78, 5) is 16.4. The molecule has 3 heterocycles. The molecule has 0 atom stereocenters. The Hall–Kier alpha value is -2.36. The highest BCUT2D eigenvalue weighted by Gasteiger charge is 2.25. The fraction of sp³-hybridized carbons (Fsp3) is 0.143. The van der Waals surface area contributed by atoms with Crippen molar-refractivity contribution in [3.63, 3.8) is 0 Å². The van der Waals surface area contributed by atoms with Crippen LogP contribution in [-0.4, -0.2) is 15.5 Å². The first-order valence-corrected chi connectivity index (χ1v) is 5.77. The number of aromatic nitrogens is 2. The molecule has 0 bridgehead atoms. The molecule has 4 nitrogen and oxygen atoms in total. The number of carbonyl (C=O) groups is 1. The summed E-state index contributed by atoms with van der Waals surface area (Å²) in [5.41, 5.74) is 4.03. The van der Waals surface area contributed by atoms with Gasteiger partial charge in [0.25, 0.3) is 5.91 Å². The van der Waals surface area contributed by atoms with Crippen LogP contribution in [0.2, 0.25) is 0 Å². The van der Waals surface area contributed by atoms with Gasteiger partial charge in [-0.2, -0.15) is 0 Å². The van der Waals surface area contributed by atoms with E-state index in [0.29, 0.717) is 5.57 Å². The number of hydrogen-bond donors (Lipinski definition) is 1. The summed E-state index contributed by atoms with van der Waals surface area (Å²) < 4.78 is 1.97. The third-order valence-electron chi connectivity index (χ3n) is 3.06. The molecule has 1 aliphatic rings. The topological polar surface area (TPSA) is 46.9 Å². The lowest BCUT2D eigenvalue weighted by molar-refractivity contribution is -0.110. The predicted octanol–water partition coefficient (Wildman–Crippen LogP) is 2.22. The Morgan fingerprint density at radius 3 is 2.89 bits per heavy atom. The van der Waals surface area contributed by atoms with Gasteiger partial charge < -0.3 is 9.88 Å². The molecule has 1 N–H and O–H groups in total. The first-order valence-electron chi connectivity index (χ1n) is 5.77. The largest absolute Gasteiger partial charge is 0.351 e. The third kappa shape index (κ3) is 1.62. The van der Waals surface area contributed by atoms with Crippen molar-refractivity contribution < 1.29 is 4.79 Å². The lowest BCUT2D eigenvalue weighted by Gasteiger charge is -2.00. The van der Waals surface area contributed by atoms with Crippen molar-refractivity contribution in [1.29, 1.82) is 0 Å². The molecule has 0 aliphatic carbocycles. The van der Waals surface area contributed by atoms with E-state index in [0.717, 1.165) is 22.8 Å². The predicted molar refractivity (Wildman–Crippen MR) is 70.9 cm³/mol. The normalized spacial score (nSPS) is 15.9. The first kappa shape index (κ1) is 10.8. The molecule has 2 aromatic rings. The average Bonchev–Trinajstić information content (AvgIpc) is 2.86. The minimum atomic E-state index is -0.0932. The quantitative estimate of drug-likeness (QED) is 0.776. The molecule has 1 amide bonds. The summed E-state index contributed by atoms with van der Waals surface area (Å²) in [5, 5.41) is 2.83. The third-order valence-corrected chi connectivity index (χ3v) is 3.06. The van der Waals surface area contributed by atoms with Crippen LogP contribution in [0.15, 0.2) is 30.5 Å². The Morgan fingerprint density at radius 1 is 1.33 bits per heavy atom. The molecule has 0 radical (unpaired) electrons. The Labute approximate surface area is 105 Å². The van der Waals surface area contributed by atoms with E-state index in [1.807, 2.05) is 55.1 Å². The summed E-state index contributed by atoms with van der Waals surface area (Å²) in [5.74, 6) is -0.0932. The van der Waals surface area contributed by atoms with Gasteiger partial charge in [0.15, 0.2) is 0 Å². The van der Waals surface area contributed by atoms with Gasteiger partial charge in [-0.3, -0.25) is 9.78 Å². The SMILES string of the molecule is Cc1ccc2c(n1)C(=Cc1cccn1C)C(=O)N2. The van der Waals surface area contributed by atoms with Gasteiger partial charge in [-0.25, -0.2) is 0 Å². The van der Waals surface area contributed by atoms with Crippen LogP contribution in [0.1, 0.15) is 17.1 Å². The van der Waals surface area contributed by atoms with Crippen LogP contribution in [0.4, 0.5) is 5.69 Å². The van der Waals surface area contributed by atoms with E-state index in [9.17, 15) is 4.79 Å². The lowest BCUT2D eigenvalue weighted by atomic mass is 10.1. The molecular weight excluding hydrogens is 226 g/mol. The number of anilines is 1. The Kier molecular flexibility index (Phi) is 2.30. The monoisotopic (exact) mass is 239 g/mol. The fourth-order valence-corrected chi connectivity index (χ4v) is 2.07. The number of fused-ring (bicyclic) bond motifs is 1. The molecule has 3 rings (SSSR count). The maximum Gasteiger partial charge on any atom is 0.258 e. The molecule has 90 valence electrons. The van der Waals surface area contributed by atoms with Crippen LogP contribution >= 0.6 is 0 Å². The van der Waals surface area contributed by atoms with Crippen LogP contribution in [0, 0.1) is 6.92 Å². The van der Waals surface area contributed by atoms with Crippen molar-refractivity contribution in [2.45, 2.75) is 6.92 Å². The number of hydrogen-bond acceptors (Lipinski definition) is 2. The minimum Gasteiger partial charge on any atom is -0.351 e. The van der Waals surface area contributed by atoms with Gasteiger partial charge in [0.05, 0.1) is 17.0 Å². The summed E-state index contributed by atoms with van der Waals surface area (Å²) in [6, 6.07) is 7.70. The summed E-state index contributed by atoms with van der Waals surface area (Å²) >= 11 is 0. The van der Waals surface area contributed by atoms with E-state index >= 15 is 0 Å². The van der Waals surface area contributed by atoms with Crippen molar-refractivity contribution in [3.05, 3.63) is 47.5 Å². The number of amides is 1. The number of nitrogens with zero attached hydrogens (tertiary/aromatic N) is 2. The van der Waals surface area contributed by atoms with Crippen molar-refractivity contribution in [1.82, 2.24) is 9.55 Å². The maximum absolute atomic E-state index is 12.0. The van der Waals surface area contributed by atoms with E-state index in [-0.39, 0.29) is 5.91 Å². The highest BCUT2D eigenvalue weighted by Crippen LogP contribution is 2.31. The van der Waals surface area contributed by atoms with Crippen molar-refractivity contribution in [3.8, 4) is 0 Å². The van der Waals surface area contributed by atoms with Crippen LogP contribution in [0.5, 0.6) is 0 Å². The zero-order chi connectivity index (χ0) is 12.7. The number of nitrogens with one attached hydrogen (secondary N) is 1. The maximum atomic E-state index is 12.0. The van der Waals surface area contributed by atoms with Gasteiger partial charge >= 0.3 is 0 Å². The number of pyridine rings is 1. The highest BCUT2D eigenvalue weighted by molar-refractivity contribution is 6.34. The molecule has 0 fully saturated rings. The van der Waals surface area contributed by atoms with Gasteiger partial charge in [0.2, 0.25) is 0 Å². The van der Waals surface area contributed by atoms with E-state index in [4.69, 9.17) is 0 Å². The van der Waals surface area contributed by atoms with E-state index in [1.165, 1.54) is 0 Å². The van der Waals surface area contributed by atoms with Crippen molar-refractivity contribution in [2.75, 3.05) is 5.32 Å². The molecule has 1 aliphatic heterocycles. The zero-order valence-electron chi connectivity index (χ0n) is 10.3. The summed E-state index contributed by atoms with van der Waals surface area (Å²) in [7, 11) is 1.95. The summed E-state index contributed by atoms with van der Waals surface area (Å²) in [6.45, 7) is 1.92. The molecular formula is C14H13N3O. The van der Waals surface area contributed by atoms with Crippen LogP contribution in [0.3, 0.4) is 0 Å². The van der Waals surface area contributed by atoms with Crippen LogP contribution in [-0.2, 0) is 11.8 Å². The van der Waals surface area contributed by atoms with E-state index in [1.54, 1.807) is 0 Å². The summed E-state index contributed by atoms with van der Waals surface area (Å²) in [6.07, 6.45) is 3.82. The van der Waals surface area contributed by atoms with Gasteiger partial charge in [-0.1, -0.05) is 0 Å². The molecule has 0 saturated heterocycles. The molecule has 0 unspecified atom stereocenters. The minimum absolute atomic E-state index is 0.0932. The van der Waals surface area contributed by atoms with Gasteiger partial charge in [-0.05, 0) is 37.3 Å². The van der Waals surface area contributed by atoms with Gasteiger partial charge in [-0.15, -0.1) is 0 Å².